The number of aliphatic hydroxyl groups is 1. The summed E-state index contributed by atoms with van der Waals surface area (Å²) in [4.78, 5) is 12.3. The molecule has 6 heteroatoms. The molecule has 0 saturated carbocycles. The van der Waals surface area contributed by atoms with Crippen molar-refractivity contribution in [2.45, 2.75) is 44.8 Å². The van der Waals surface area contributed by atoms with Crippen molar-refractivity contribution in [1.29, 1.82) is 0 Å². The summed E-state index contributed by atoms with van der Waals surface area (Å²) in [5.41, 5.74) is 3.57. The van der Waals surface area contributed by atoms with Crippen molar-refractivity contribution in [2.24, 2.45) is 11.8 Å². The molecule has 2 saturated heterocycles. The zero-order chi connectivity index (χ0) is 17.6. The Bertz CT molecular complexity index is 823. The largest absolute Gasteiger partial charge is 1.00 e. The number of nitrogens with zero attached hydrogens (tertiary/aromatic N) is 1. The number of fused-ring (bicyclic) bond motifs is 2. The molecule has 148 valence electrons. The first kappa shape index (κ1) is 20.2. The topological polar surface area (TPSA) is 69.6 Å². The molecule has 4 aliphatic rings. The lowest BCUT2D eigenvalue weighted by Crippen LogP contribution is -3.00. The van der Waals surface area contributed by atoms with Crippen LogP contribution in [0.1, 0.15) is 32.8 Å². The molecule has 27 heavy (non-hydrogen) atoms. The normalized spacial score (nSPS) is 38.7. The molecule has 1 aromatic rings. The minimum absolute atomic E-state index is 0. The van der Waals surface area contributed by atoms with E-state index in [1.54, 1.807) is 0 Å². The summed E-state index contributed by atoms with van der Waals surface area (Å²) < 4.78 is 0.943. The van der Waals surface area contributed by atoms with E-state index in [0.29, 0.717) is 11.6 Å². The van der Waals surface area contributed by atoms with Crippen LogP contribution in [0.15, 0.2) is 35.5 Å². The highest BCUT2D eigenvalue weighted by atomic mass is 35.5. The number of para-hydroxylation sites is 1. The summed E-state index contributed by atoms with van der Waals surface area (Å²) in [5.74, 6) is -0.898. The van der Waals surface area contributed by atoms with Crippen molar-refractivity contribution >= 4 is 11.7 Å². The van der Waals surface area contributed by atoms with Gasteiger partial charge in [-0.3, -0.25) is 0 Å². The van der Waals surface area contributed by atoms with Gasteiger partial charge in [-0.15, -0.1) is 0 Å². The molecule has 3 heterocycles. The number of quaternary nitrogens is 1. The zero-order valence-corrected chi connectivity index (χ0v) is 15.8. The molecule has 1 aromatic carbocycles. The molecule has 0 amide bonds. The lowest BCUT2D eigenvalue weighted by molar-refractivity contribution is -0.933. The summed E-state index contributed by atoms with van der Waals surface area (Å²) in [6.45, 7) is 3.71. The third-order valence-electron chi connectivity index (χ3n) is 7.56. The average molecular weight is 393 g/mol. The monoisotopic (exact) mass is 392 g/mol. The van der Waals surface area contributed by atoms with Crippen LogP contribution in [-0.2, 0) is 10.2 Å². The Morgan fingerprint density at radius 2 is 2.07 bits per heavy atom. The molecule has 5 rings (SSSR count). The quantitative estimate of drug-likeness (QED) is 0.598. The first-order chi connectivity index (χ1) is 11.9. The minimum Gasteiger partial charge on any atom is -1.00 e. The highest BCUT2D eigenvalue weighted by Crippen LogP contribution is 2.63. The van der Waals surface area contributed by atoms with E-state index in [4.69, 9.17) is 0 Å². The number of aliphatic carboxylic acids is 1. The number of likely N-dealkylation sites (N-methyl/N-ethyl adjacent to an activating group) is 1. The van der Waals surface area contributed by atoms with Gasteiger partial charge in [-0.2, -0.15) is 0 Å². The van der Waals surface area contributed by atoms with Crippen LogP contribution in [0.2, 0.25) is 0 Å². The van der Waals surface area contributed by atoms with Crippen molar-refractivity contribution in [3.63, 3.8) is 0 Å². The fraction of sp³-hybridized carbons (Fsp3) is 0.571. The zero-order valence-electron chi connectivity index (χ0n) is 15.1. The minimum atomic E-state index is -0.827. The fourth-order valence-corrected chi connectivity index (χ4v) is 6.53. The van der Waals surface area contributed by atoms with Gasteiger partial charge >= 0.3 is 5.97 Å². The van der Waals surface area contributed by atoms with Gasteiger partial charge in [-0.25, -0.2) is 4.79 Å². The van der Waals surface area contributed by atoms with E-state index in [2.05, 4.69) is 30.6 Å². The molecule has 3 aliphatic heterocycles. The van der Waals surface area contributed by atoms with Crippen molar-refractivity contribution in [2.75, 3.05) is 25.5 Å². The lowest BCUT2D eigenvalue weighted by Gasteiger charge is -2.54. The van der Waals surface area contributed by atoms with Gasteiger partial charge in [-0.05, 0) is 18.6 Å². The molecule has 0 aromatic heterocycles. The summed E-state index contributed by atoms with van der Waals surface area (Å²) in [7, 11) is 2.30. The number of benzene rings is 1. The number of anilines is 1. The number of carboxylic acids is 1. The highest BCUT2D eigenvalue weighted by Gasteiger charge is 2.69. The number of hydrogen-bond acceptors (Lipinski definition) is 3. The maximum atomic E-state index is 12.3. The van der Waals surface area contributed by atoms with Gasteiger partial charge in [0.25, 0.3) is 0 Å². The Hall–Kier alpha value is -1.56. The van der Waals surface area contributed by atoms with Gasteiger partial charge in [0.2, 0.25) is 0 Å². The molecular weight excluding hydrogens is 364 g/mol. The number of rotatable bonds is 2. The summed E-state index contributed by atoms with van der Waals surface area (Å²) in [6, 6.07) is 8.70. The summed E-state index contributed by atoms with van der Waals surface area (Å²) in [5, 5.41) is 24.0. The molecular formula is C21H29ClN2O3. The van der Waals surface area contributed by atoms with Crippen LogP contribution in [0.5, 0.6) is 0 Å². The Morgan fingerprint density at radius 3 is 2.74 bits per heavy atom. The standard InChI is InChI=1S/C20H24N2O3.CH4.ClH/c1-11(23)13-10-22(2)8-7-20-14-5-3-4-6-15(14)21-18(20)17(19(24)25)12(13)9-16(20)22;;/h3-6,11-13,16,21,23H,7-10H2,1-2H3;1H4;1H/t11-,12+,13-,16+,20-,22+;;/m1../s1. The first-order valence-electron chi connectivity index (χ1n) is 9.25. The summed E-state index contributed by atoms with van der Waals surface area (Å²) >= 11 is 0. The van der Waals surface area contributed by atoms with Crippen LogP contribution in [0.3, 0.4) is 0 Å². The molecule has 2 fully saturated rings. The van der Waals surface area contributed by atoms with Gasteiger partial charge in [0.15, 0.2) is 0 Å². The molecule has 0 radical (unpaired) electrons. The smallest absolute Gasteiger partial charge is 0.333 e. The molecule has 6 atom stereocenters. The second kappa shape index (κ2) is 6.23. The summed E-state index contributed by atoms with van der Waals surface area (Å²) in [6.07, 6.45) is 1.34. The number of piperidine rings is 1. The maximum Gasteiger partial charge on any atom is 0.333 e. The van der Waals surface area contributed by atoms with Crippen molar-refractivity contribution < 1.29 is 31.9 Å². The number of carboxylic acid groups (broad SMARTS) is 1. The Morgan fingerprint density at radius 1 is 1.37 bits per heavy atom. The molecule has 2 bridgehead atoms. The van der Waals surface area contributed by atoms with E-state index in [9.17, 15) is 15.0 Å². The highest BCUT2D eigenvalue weighted by molar-refractivity contribution is 5.92. The Labute approximate surface area is 167 Å². The van der Waals surface area contributed by atoms with Gasteiger partial charge < -0.3 is 32.4 Å². The predicted molar refractivity (Wildman–Crippen MR) is 101 cm³/mol. The predicted octanol–water partition coefficient (Wildman–Crippen LogP) is -0.422. The van der Waals surface area contributed by atoms with Crippen LogP contribution >= 0.6 is 0 Å². The first-order valence-corrected chi connectivity index (χ1v) is 9.25. The van der Waals surface area contributed by atoms with E-state index >= 15 is 0 Å². The fourth-order valence-electron chi connectivity index (χ4n) is 6.53. The molecule has 5 nitrogen and oxygen atoms in total. The van der Waals surface area contributed by atoms with E-state index in [-0.39, 0.29) is 37.1 Å². The number of carbonyl (C=O) groups is 1. The van der Waals surface area contributed by atoms with Crippen molar-refractivity contribution in [3.8, 4) is 0 Å². The van der Waals surface area contributed by atoms with Gasteiger partial charge in [-0.1, -0.05) is 25.6 Å². The number of nitrogens with one attached hydrogen (secondary N) is 1. The van der Waals surface area contributed by atoms with Crippen LogP contribution in [0, 0.1) is 11.8 Å². The van der Waals surface area contributed by atoms with Gasteiger partial charge in [0, 0.05) is 36.1 Å². The van der Waals surface area contributed by atoms with E-state index < -0.39 is 12.1 Å². The van der Waals surface area contributed by atoms with Crippen LogP contribution < -0.4 is 17.7 Å². The second-order valence-corrected chi connectivity index (χ2v) is 8.63. The molecule has 3 N–H and O–H groups in total. The SMILES string of the molecule is C.C[C@@H](O)[C@H]1C[N@+]2(C)CC[C@]34C(=C(C(=O)O)[C@H]1C[C@@H]32)Nc1ccccc14.[Cl-]. The molecule has 1 spiro atoms. The van der Waals surface area contributed by atoms with Crippen molar-refractivity contribution in [3.05, 3.63) is 41.1 Å². The molecule has 1 aliphatic carbocycles. The lowest BCUT2D eigenvalue weighted by atomic mass is 9.59. The van der Waals surface area contributed by atoms with E-state index in [0.717, 1.165) is 41.8 Å². The number of hydrogen-bond donors (Lipinski definition) is 3. The number of halogens is 1. The average Bonchev–Trinajstić information content (AvgIpc) is 3.07. The second-order valence-electron chi connectivity index (χ2n) is 8.63. The van der Waals surface area contributed by atoms with E-state index in [1.165, 1.54) is 5.56 Å². The van der Waals surface area contributed by atoms with Gasteiger partial charge in [0.1, 0.15) is 6.04 Å². The third kappa shape index (κ3) is 2.28. The van der Waals surface area contributed by atoms with Gasteiger partial charge in [0.05, 0.1) is 37.2 Å². The van der Waals surface area contributed by atoms with Crippen molar-refractivity contribution in [1.82, 2.24) is 0 Å². The van der Waals surface area contributed by atoms with Crippen LogP contribution in [0.25, 0.3) is 0 Å². The third-order valence-corrected chi connectivity index (χ3v) is 7.56. The van der Waals surface area contributed by atoms with E-state index in [1.807, 2.05) is 13.0 Å². The van der Waals surface area contributed by atoms with Crippen LogP contribution in [-0.4, -0.2) is 52.9 Å². The Balaban J connectivity index is 0.00000105. The van der Waals surface area contributed by atoms with Crippen LogP contribution in [0.4, 0.5) is 5.69 Å². The molecule has 0 unspecified atom stereocenters. The number of aliphatic hydroxyl groups excluding tert-OH is 1. The Kier molecular flexibility index (Phi) is 4.65. The maximum absolute atomic E-state index is 12.3.